The highest BCUT2D eigenvalue weighted by atomic mass is 35.5. The molecule has 1 aromatic heterocycles. The van der Waals surface area contributed by atoms with Gasteiger partial charge >= 0.3 is 0 Å². The molecule has 0 unspecified atom stereocenters. The minimum Gasteiger partial charge on any atom is -0.320 e. The number of hydrazine groups is 1. The number of halogens is 1. The van der Waals surface area contributed by atoms with Crippen molar-refractivity contribution >= 4 is 54.4 Å². The van der Waals surface area contributed by atoms with E-state index >= 15 is 0 Å². The van der Waals surface area contributed by atoms with Crippen molar-refractivity contribution in [1.29, 1.82) is 0 Å². The number of hydrogen-bond acceptors (Lipinski definition) is 7. The van der Waals surface area contributed by atoms with Crippen LogP contribution in [0.1, 0.15) is 16.7 Å². The second-order valence-electron chi connectivity index (χ2n) is 7.32. The SMILES string of the molecule is Cc1ccc(NNCc2csc3ccc(C)cc23)c(S(=O)(=O)Nc2ccccc2Cl)c1.NO. The largest absolute Gasteiger partial charge is 0.320 e. The molecule has 0 amide bonds. The van der Waals surface area contributed by atoms with Crippen molar-refractivity contribution < 1.29 is 13.6 Å². The average molecular weight is 505 g/mol. The summed E-state index contributed by atoms with van der Waals surface area (Å²) in [7, 11) is -3.85. The number of aryl methyl sites for hydroxylation is 2. The number of hydrogen-bond donors (Lipinski definition) is 5. The molecule has 0 fully saturated rings. The molecule has 174 valence electrons. The second kappa shape index (κ2) is 11.0. The van der Waals surface area contributed by atoms with Crippen molar-refractivity contribution in [3.8, 4) is 0 Å². The number of sulfonamides is 1. The van der Waals surface area contributed by atoms with E-state index in [1.54, 1.807) is 47.7 Å². The molecular weight excluding hydrogens is 480 g/mol. The fourth-order valence-corrected chi connectivity index (χ4v) is 5.78. The van der Waals surface area contributed by atoms with E-state index in [9.17, 15) is 8.42 Å². The first-order chi connectivity index (χ1) is 15.8. The molecule has 10 heteroatoms. The lowest BCUT2D eigenvalue weighted by molar-refractivity contribution is 0.311. The molecule has 0 radical (unpaired) electrons. The summed E-state index contributed by atoms with van der Waals surface area (Å²) in [6, 6.07) is 18.4. The lowest BCUT2D eigenvalue weighted by Gasteiger charge is -2.16. The molecule has 0 bridgehead atoms. The molecule has 0 aliphatic heterocycles. The second-order valence-corrected chi connectivity index (χ2v) is 10.3. The first-order valence-electron chi connectivity index (χ1n) is 9.93. The van der Waals surface area contributed by atoms with E-state index in [4.69, 9.17) is 16.8 Å². The Hall–Kier alpha value is -2.66. The van der Waals surface area contributed by atoms with E-state index in [1.807, 2.05) is 13.0 Å². The van der Waals surface area contributed by atoms with Crippen molar-refractivity contribution in [2.75, 3.05) is 10.1 Å². The van der Waals surface area contributed by atoms with Crippen LogP contribution in [0.15, 0.2) is 70.9 Å². The molecule has 3 aromatic carbocycles. The van der Waals surface area contributed by atoms with Crippen LogP contribution in [0.5, 0.6) is 0 Å². The van der Waals surface area contributed by atoms with Gasteiger partial charge in [0.2, 0.25) is 0 Å². The summed E-state index contributed by atoms with van der Waals surface area (Å²) in [5, 5.41) is 10.2. The zero-order valence-corrected chi connectivity index (χ0v) is 20.5. The van der Waals surface area contributed by atoms with Crippen LogP contribution in [-0.4, -0.2) is 13.6 Å². The molecule has 6 N–H and O–H groups in total. The van der Waals surface area contributed by atoms with Crippen LogP contribution >= 0.6 is 22.9 Å². The average Bonchev–Trinajstić information content (AvgIpc) is 3.19. The van der Waals surface area contributed by atoms with Crippen molar-refractivity contribution in [3.05, 3.63) is 87.8 Å². The van der Waals surface area contributed by atoms with Crippen LogP contribution in [0, 0.1) is 13.8 Å². The van der Waals surface area contributed by atoms with Gasteiger partial charge in [0.1, 0.15) is 4.90 Å². The number of rotatable bonds is 7. The van der Waals surface area contributed by atoms with Crippen LogP contribution in [-0.2, 0) is 16.6 Å². The normalized spacial score (nSPS) is 11.1. The monoisotopic (exact) mass is 504 g/mol. The molecule has 0 atom stereocenters. The fourth-order valence-electron chi connectivity index (χ4n) is 3.27. The zero-order valence-electron chi connectivity index (χ0n) is 18.1. The molecule has 0 saturated heterocycles. The van der Waals surface area contributed by atoms with Gasteiger partial charge in [-0.15, -0.1) is 11.3 Å². The maximum Gasteiger partial charge on any atom is 0.264 e. The smallest absolute Gasteiger partial charge is 0.264 e. The van der Waals surface area contributed by atoms with Crippen LogP contribution in [0.3, 0.4) is 0 Å². The van der Waals surface area contributed by atoms with Gasteiger partial charge < -0.3 is 10.6 Å². The van der Waals surface area contributed by atoms with Crippen molar-refractivity contribution in [2.45, 2.75) is 25.3 Å². The highest BCUT2D eigenvalue weighted by molar-refractivity contribution is 7.93. The van der Waals surface area contributed by atoms with Crippen LogP contribution in [0.4, 0.5) is 11.4 Å². The maximum absolute atomic E-state index is 13.1. The number of benzene rings is 3. The Balaban J connectivity index is 0.00000149. The van der Waals surface area contributed by atoms with Crippen LogP contribution < -0.4 is 21.5 Å². The summed E-state index contributed by atoms with van der Waals surface area (Å²) in [4.78, 5) is 0.144. The Morgan fingerprint density at radius 2 is 1.67 bits per heavy atom. The first-order valence-corrected chi connectivity index (χ1v) is 12.7. The molecule has 4 rings (SSSR count). The highest BCUT2D eigenvalue weighted by Crippen LogP contribution is 2.29. The predicted molar refractivity (Wildman–Crippen MR) is 136 cm³/mol. The Morgan fingerprint density at radius 3 is 2.42 bits per heavy atom. The molecule has 0 aliphatic carbocycles. The van der Waals surface area contributed by atoms with Gasteiger partial charge in [-0.25, -0.2) is 19.7 Å². The molecule has 7 nitrogen and oxygen atoms in total. The van der Waals surface area contributed by atoms with E-state index in [2.05, 4.69) is 52.0 Å². The van der Waals surface area contributed by atoms with E-state index in [0.717, 1.165) is 11.1 Å². The van der Waals surface area contributed by atoms with Crippen molar-refractivity contribution in [3.63, 3.8) is 0 Å². The van der Waals surface area contributed by atoms with Gasteiger partial charge in [-0.2, -0.15) is 0 Å². The third-order valence-corrected chi connectivity index (χ3v) is 7.60. The van der Waals surface area contributed by atoms with Gasteiger partial charge in [-0.1, -0.05) is 47.5 Å². The van der Waals surface area contributed by atoms with Gasteiger partial charge in [0, 0.05) is 11.2 Å². The number of thiophene rings is 1. The summed E-state index contributed by atoms with van der Waals surface area (Å²) in [6.07, 6.45) is 0. The Bertz CT molecular complexity index is 1360. The lowest BCUT2D eigenvalue weighted by Crippen LogP contribution is -2.23. The number of nitrogens with one attached hydrogen (secondary N) is 3. The van der Waals surface area contributed by atoms with E-state index in [1.165, 1.54) is 15.6 Å². The topological polar surface area (TPSA) is 116 Å². The summed E-state index contributed by atoms with van der Waals surface area (Å²) >= 11 is 7.83. The van der Waals surface area contributed by atoms with Crippen LogP contribution in [0.2, 0.25) is 5.02 Å². The minimum atomic E-state index is -3.85. The molecule has 0 spiro atoms. The summed E-state index contributed by atoms with van der Waals surface area (Å²) in [5.74, 6) is 3.50. The predicted octanol–water partition coefficient (Wildman–Crippen LogP) is 5.42. The molecule has 0 saturated carbocycles. The quantitative estimate of drug-likeness (QED) is 0.214. The molecule has 33 heavy (non-hydrogen) atoms. The molecule has 0 aliphatic rings. The van der Waals surface area contributed by atoms with Gasteiger partial charge in [0.15, 0.2) is 0 Å². The number of anilines is 2. The van der Waals surface area contributed by atoms with Crippen LogP contribution in [0.25, 0.3) is 10.1 Å². The van der Waals surface area contributed by atoms with E-state index < -0.39 is 10.0 Å². The minimum absolute atomic E-state index is 0.144. The molecular formula is C23H25ClN4O3S2. The number of fused-ring (bicyclic) bond motifs is 1. The number of nitrogens with two attached hydrogens (primary N) is 1. The van der Waals surface area contributed by atoms with Gasteiger partial charge in [0.05, 0.1) is 16.4 Å². The lowest BCUT2D eigenvalue weighted by atomic mass is 10.1. The Morgan fingerprint density at radius 1 is 0.970 bits per heavy atom. The summed E-state index contributed by atoms with van der Waals surface area (Å²) in [5.41, 5.74) is 10.2. The van der Waals surface area contributed by atoms with E-state index in [-0.39, 0.29) is 4.90 Å². The van der Waals surface area contributed by atoms with Gasteiger partial charge in [-0.3, -0.25) is 4.72 Å². The molecule has 4 aromatic rings. The van der Waals surface area contributed by atoms with Gasteiger partial charge in [0.25, 0.3) is 10.0 Å². The Labute approximate surface area is 202 Å². The highest BCUT2D eigenvalue weighted by Gasteiger charge is 2.20. The first kappa shape index (κ1) is 25.0. The summed E-state index contributed by atoms with van der Waals surface area (Å²) in [6.45, 7) is 4.47. The third kappa shape index (κ3) is 6.02. The Kier molecular flexibility index (Phi) is 8.30. The maximum atomic E-state index is 13.1. The zero-order chi connectivity index (χ0) is 24.0. The van der Waals surface area contributed by atoms with E-state index in [0.29, 0.717) is 22.9 Å². The van der Waals surface area contributed by atoms with Crippen molar-refractivity contribution in [2.24, 2.45) is 5.90 Å². The molecule has 1 heterocycles. The fraction of sp³-hybridized carbons (Fsp3) is 0.130. The third-order valence-electron chi connectivity index (χ3n) is 4.86. The van der Waals surface area contributed by atoms with Gasteiger partial charge in [-0.05, 0) is 66.1 Å². The standard InChI is InChI=1S/C23H22ClN3O2S2.H3NO/c1-15-8-10-22-18(11-15)17(14-30-22)13-25-26-21-9-7-16(2)12-23(21)31(28,29)27-20-6-4-3-5-19(20)24;1-2/h3-12,14,25-27H,13H2,1-2H3;2H,1H2. The van der Waals surface area contributed by atoms with Crippen molar-refractivity contribution in [1.82, 2.24) is 5.43 Å². The summed E-state index contributed by atoms with van der Waals surface area (Å²) < 4.78 is 30.0. The number of para-hydroxylation sites is 1.